The number of aromatic nitrogens is 1. The predicted molar refractivity (Wildman–Crippen MR) is 75.1 cm³/mol. The Labute approximate surface area is 114 Å². The molecule has 1 N–H and O–H groups in total. The lowest BCUT2D eigenvalue weighted by Gasteiger charge is -2.19. The normalized spacial score (nSPS) is 12.0. The molecule has 0 fully saturated rings. The van der Waals surface area contributed by atoms with Crippen LogP contribution in [-0.4, -0.2) is 37.5 Å². The lowest BCUT2D eigenvalue weighted by atomic mass is 10.1. The minimum atomic E-state index is 0.132. The van der Waals surface area contributed by atoms with Crippen molar-refractivity contribution in [3.8, 4) is 0 Å². The molecule has 0 amide bonds. The zero-order valence-corrected chi connectivity index (χ0v) is 12.6. The Morgan fingerprint density at radius 1 is 1.28 bits per heavy atom. The molecule has 1 rings (SSSR count). The van der Waals surface area contributed by atoms with E-state index in [9.17, 15) is 0 Å². The lowest BCUT2D eigenvalue weighted by Crippen LogP contribution is -2.35. The Bertz CT molecular complexity index is 334. The monoisotopic (exact) mass is 272 g/mol. The molecule has 0 radical (unpaired) electrons. The molecule has 1 aromatic heterocycles. The summed E-state index contributed by atoms with van der Waals surface area (Å²) >= 11 is 1.70. The molecule has 4 nitrogen and oxygen atoms in total. The molecule has 0 saturated carbocycles. The standard InChI is InChI=1S/C13H24N2O2S/c1-13(2,3)14-9-11-10-18-12(15-11)5-6-17-8-7-16-4/h10,14H,5-9H2,1-4H3. The van der Waals surface area contributed by atoms with Crippen molar-refractivity contribution in [3.63, 3.8) is 0 Å². The van der Waals surface area contributed by atoms with Gasteiger partial charge in [-0.05, 0) is 20.8 Å². The Hall–Kier alpha value is -0.490. The van der Waals surface area contributed by atoms with Crippen molar-refractivity contribution >= 4 is 11.3 Å². The van der Waals surface area contributed by atoms with Crippen molar-refractivity contribution in [1.29, 1.82) is 0 Å². The van der Waals surface area contributed by atoms with Gasteiger partial charge in [0.15, 0.2) is 0 Å². The number of hydrogen-bond donors (Lipinski definition) is 1. The van der Waals surface area contributed by atoms with Gasteiger partial charge in [0.1, 0.15) is 0 Å². The van der Waals surface area contributed by atoms with Crippen LogP contribution in [0, 0.1) is 0 Å². The first-order chi connectivity index (χ1) is 8.51. The lowest BCUT2D eigenvalue weighted by molar-refractivity contribution is 0.0722. The van der Waals surface area contributed by atoms with E-state index in [4.69, 9.17) is 9.47 Å². The molecule has 0 aromatic carbocycles. The molecule has 0 saturated heterocycles. The fourth-order valence-electron chi connectivity index (χ4n) is 1.30. The van der Waals surface area contributed by atoms with Gasteiger partial charge in [-0.2, -0.15) is 0 Å². The summed E-state index contributed by atoms with van der Waals surface area (Å²) in [6.45, 7) is 9.31. The Kier molecular flexibility index (Phi) is 6.78. The van der Waals surface area contributed by atoms with Crippen LogP contribution in [0.2, 0.25) is 0 Å². The van der Waals surface area contributed by atoms with Crippen LogP contribution >= 0.6 is 11.3 Å². The maximum atomic E-state index is 5.43. The zero-order valence-electron chi connectivity index (χ0n) is 11.8. The number of methoxy groups -OCH3 is 1. The smallest absolute Gasteiger partial charge is 0.0951 e. The second kappa shape index (κ2) is 7.84. The number of nitrogens with zero attached hydrogens (tertiary/aromatic N) is 1. The highest BCUT2D eigenvalue weighted by atomic mass is 32.1. The van der Waals surface area contributed by atoms with Crippen LogP contribution in [0.5, 0.6) is 0 Å². The summed E-state index contributed by atoms with van der Waals surface area (Å²) in [5, 5.41) is 6.68. The van der Waals surface area contributed by atoms with Crippen molar-refractivity contribution in [2.45, 2.75) is 39.3 Å². The summed E-state index contributed by atoms with van der Waals surface area (Å²) in [7, 11) is 1.68. The van der Waals surface area contributed by atoms with Crippen LogP contribution in [0.4, 0.5) is 0 Å². The van der Waals surface area contributed by atoms with E-state index in [1.54, 1.807) is 18.4 Å². The molecule has 0 bridgehead atoms. The van der Waals surface area contributed by atoms with E-state index in [1.165, 1.54) is 0 Å². The number of rotatable bonds is 8. The largest absolute Gasteiger partial charge is 0.382 e. The Morgan fingerprint density at radius 3 is 2.72 bits per heavy atom. The van der Waals surface area contributed by atoms with Gasteiger partial charge in [0, 0.05) is 31.0 Å². The second-order valence-electron chi connectivity index (χ2n) is 5.19. The molecule has 0 atom stereocenters. The van der Waals surface area contributed by atoms with Gasteiger partial charge >= 0.3 is 0 Å². The van der Waals surface area contributed by atoms with Crippen LogP contribution < -0.4 is 5.32 Å². The van der Waals surface area contributed by atoms with Crippen molar-refractivity contribution in [2.75, 3.05) is 26.9 Å². The van der Waals surface area contributed by atoms with E-state index in [0.717, 1.165) is 23.7 Å². The first-order valence-electron chi connectivity index (χ1n) is 6.26. The number of nitrogens with one attached hydrogen (secondary N) is 1. The van der Waals surface area contributed by atoms with Crippen molar-refractivity contribution in [2.24, 2.45) is 0 Å². The van der Waals surface area contributed by atoms with Crippen LogP contribution in [0.25, 0.3) is 0 Å². The molecule has 5 heteroatoms. The van der Waals surface area contributed by atoms with Crippen LogP contribution in [-0.2, 0) is 22.4 Å². The van der Waals surface area contributed by atoms with Gasteiger partial charge in [-0.3, -0.25) is 0 Å². The van der Waals surface area contributed by atoms with Crippen LogP contribution in [0.3, 0.4) is 0 Å². The zero-order chi connectivity index (χ0) is 13.4. The molecule has 0 spiro atoms. The van der Waals surface area contributed by atoms with Crippen molar-refractivity contribution < 1.29 is 9.47 Å². The minimum Gasteiger partial charge on any atom is -0.382 e. The quantitative estimate of drug-likeness (QED) is 0.737. The van der Waals surface area contributed by atoms with Gasteiger partial charge in [0.25, 0.3) is 0 Å². The highest BCUT2D eigenvalue weighted by molar-refractivity contribution is 7.09. The first kappa shape index (κ1) is 15.6. The predicted octanol–water partition coefficient (Wildman–Crippen LogP) is 2.24. The Balaban J connectivity index is 2.22. The summed E-state index contributed by atoms with van der Waals surface area (Å²) in [6.07, 6.45) is 0.879. The molecule has 0 aliphatic heterocycles. The highest BCUT2D eigenvalue weighted by Crippen LogP contribution is 2.11. The van der Waals surface area contributed by atoms with Gasteiger partial charge in [-0.1, -0.05) is 0 Å². The van der Waals surface area contributed by atoms with Gasteiger partial charge in [-0.25, -0.2) is 4.98 Å². The minimum absolute atomic E-state index is 0.132. The van der Waals surface area contributed by atoms with E-state index in [2.05, 4.69) is 36.5 Å². The van der Waals surface area contributed by atoms with E-state index >= 15 is 0 Å². The van der Waals surface area contributed by atoms with Gasteiger partial charge in [-0.15, -0.1) is 11.3 Å². The molecule has 1 aromatic rings. The maximum absolute atomic E-state index is 5.43. The average molecular weight is 272 g/mol. The number of hydrogen-bond acceptors (Lipinski definition) is 5. The number of ether oxygens (including phenoxy) is 2. The molecule has 18 heavy (non-hydrogen) atoms. The molecule has 0 aliphatic rings. The third-order valence-corrected chi connectivity index (χ3v) is 3.25. The summed E-state index contributed by atoms with van der Waals surface area (Å²) in [4.78, 5) is 4.58. The third kappa shape index (κ3) is 7.06. The highest BCUT2D eigenvalue weighted by Gasteiger charge is 2.10. The van der Waals surface area contributed by atoms with E-state index in [0.29, 0.717) is 19.8 Å². The second-order valence-corrected chi connectivity index (χ2v) is 6.13. The SMILES string of the molecule is COCCOCCc1nc(CNC(C)(C)C)cs1. The van der Waals surface area contributed by atoms with Crippen molar-refractivity contribution in [1.82, 2.24) is 10.3 Å². The van der Waals surface area contributed by atoms with Crippen LogP contribution in [0.15, 0.2) is 5.38 Å². The van der Waals surface area contributed by atoms with E-state index in [-0.39, 0.29) is 5.54 Å². The van der Waals surface area contributed by atoms with E-state index < -0.39 is 0 Å². The fraction of sp³-hybridized carbons (Fsp3) is 0.769. The molecule has 104 valence electrons. The van der Waals surface area contributed by atoms with Gasteiger partial charge in [0.2, 0.25) is 0 Å². The molecular weight excluding hydrogens is 248 g/mol. The summed E-state index contributed by atoms with van der Waals surface area (Å²) in [5.74, 6) is 0. The van der Waals surface area contributed by atoms with E-state index in [1.807, 2.05) is 0 Å². The fourth-order valence-corrected chi connectivity index (χ4v) is 2.08. The third-order valence-electron chi connectivity index (χ3n) is 2.29. The molecule has 1 heterocycles. The molecule has 0 unspecified atom stereocenters. The van der Waals surface area contributed by atoms with Gasteiger partial charge < -0.3 is 14.8 Å². The first-order valence-corrected chi connectivity index (χ1v) is 7.14. The topological polar surface area (TPSA) is 43.4 Å². The summed E-state index contributed by atoms with van der Waals surface area (Å²) in [5.41, 5.74) is 1.24. The average Bonchev–Trinajstić information content (AvgIpc) is 2.73. The Morgan fingerprint density at radius 2 is 2.06 bits per heavy atom. The van der Waals surface area contributed by atoms with Gasteiger partial charge in [0.05, 0.1) is 30.5 Å². The summed E-state index contributed by atoms with van der Waals surface area (Å²) < 4.78 is 10.3. The maximum Gasteiger partial charge on any atom is 0.0951 e. The van der Waals surface area contributed by atoms with Crippen LogP contribution in [0.1, 0.15) is 31.5 Å². The number of thiazole rings is 1. The van der Waals surface area contributed by atoms with Crippen molar-refractivity contribution in [3.05, 3.63) is 16.1 Å². The molecular formula is C13H24N2O2S. The summed E-state index contributed by atoms with van der Waals surface area (Å²) in [6, 6.07) is 0. The molecule has 0 aliphatic carbocycles.